The Labute approximate surface area is 176 Å². The summed E-state index contributed by atoms with van der Waals surface area (Å²) in [5.41, 5.74) is 1.42. The summed E-state index contributed by atoms with van der Waals surface area (Å²) in [5, 5.41) is 6.87. The van der Waals surface area contributed by atoms with Gasteiger partial charge in [-0.1, -0.05) is 39.0 Å². The first-order chi connectivity index (χ1) is 11.9. The number of anilines is 1. The third-order valence-electron chi connectivity index (χ3n) is 4.89. The van der Waals surface area contributed by atoms with Gasteiger partial charge in [0.1, 0.15) is 0 Å². The van der Waals surface area contributed by atoms with Crippen molar-refractivity contribution in [1.82, 2.24) is 10.6 Å². The number of nitrogens with one attached hydrogen (secondary N) is 2. The predicted molar refractivity (Wildman–Crippen MR) is 122 cm³/mol. The van der Waals surface area contributed by atoms with Crippen LogP contribution >= 0.6 is 24.0 Å². The fourth-order valence-electron chi connectivity index (χ4n) is 3.27. The van der Waals surface area contributed by atoms with Gasteiger partial charge in [-0.15, -0.1) is 24.0 Å². The number of aliphatic imine (C=N–C) groups is 1. The van der Waals surface area contributed by atoms with E-state index in [4.69, 9.17) is 4.74 Å². The molecule has 1 heterocycles. The van der Waals surface area contributed by atoms with Gasteiger partial charge >= 0.3 is 0 Å². The lowest BCUT2D eigenvalue weighted by Gasteiger charge is -2.30. The molecule has 5 nitrogen and oxygen atoms in total. The number of hydrogen-bond donors (Lipinski definition) is 2. The molecule has 0 spiro atoms. The molecule has 2 rings (SSSR count). The van der Waals surface area contributed by atoms with E-state index in [1.807, 2.05) is 7.05 Å². The van der Waals surface area contributed by atoms with Crippen LogP contribution in [0.25, 0.3) is 0 Å². The fourth-order valence-corrected chi connectivity index (χ4v) is 3.27. The molecule has 1 aliphatic rings. The van der Waals surface area contributed by atoms with E-state index >= 15 is 0 Å². The standard InChI is InChI=1S/C20H34N4O.HI/c1-20(2,3)18(25-5)14-23-19(21-4)22-13-16-11-12-24(15-16)17-9-7-6-8-10-17;/h6-10,16,18H,11-15H2,1-5H3,(H2,21,22,23);1H. The first-order valence-electron chi connectivity index (χ1n) is 9.21. The summed E-state index contributed by atoms with van der Waals surface area (Å²) in [6.07, 6.45) is 1.35. The number of guanidine groups is 1. The summed E-state index contributed by atoms with van der Waals surface area (Å²) in [6.45, 7) is 10.5. The van der Waals surface area contributed by atoms with Crippen molar-refractivity contribution in [3.8, 4) is 0 Å². The summed E-state index contributed by atoms with van der Waals surface area (Å²) >= 11 is 0. The number of halogens is 1. The molecule has 1 aromatic rings. The molecular formula is C20H35IN4O. The zero-order valence-corrected chi connectivity index (χ0v) is 19.1. The smallest absolute Gasteiger partial charge is 0.191 e. The zero-order chi connectivity index (χ0) is 18.3. The summed E-state index contributed by atoms with van der Waals surface area (Å²) in [5.74, 6) is 1.49. The van der Waals surface area contributed by atoms with Crippen LogP contribution in [0.4, 0.5) is 5.69 Å². The van der Waals surface area contributed by atoms with Crippen molar-refractivity contribution in [3.63, 3.8) is 0 Å². The predicted octanol–water partition coefficient (Wildman–Crippen LogP) is 3.36. The van der Waals surface area contributed by atoms with Crippen molar-refractivity contribution in [1.29, 1.82) is 0 Å². The topological polar surface area (TPSA) is 48.9 Å². The van der Waals surface area contributed by atoms with E-state index in [0.29, 0.717) is 5.92 Å². The Balaban J connectivity index is 0.00000338. The maximum absolute atomic E-state index is 5.60. The quantitative estimate of drug-likeness (QED) is 0.377. The van der Waals surface area contributed by atoms with Crippen LogP contribution < -0.4 is 15.5 Å². The van der Waals surface area contributed by atoms with E-state index in [1.165, 1.54) is 12.1 Å². The second-order valence-corrected chi connectivity index (χ2v) is 7.86. The Kier molecular flexibility index (Phi) is 9.71. The lowest BCUT2D eigenvalue weighted by molar-refractivity contribution is 0.0205. The molecule has 26 heavy (non-hydrogen) atoms. The minimum absolute atomic E-state index is 0. The monoisotopic (exact) mass is 474 g/mol. The highest BCUT2D eigenvalue weighted by Crippen LogP contribution is 2.23. The minimum Gasteiger partial charge on any atom is -0.379 e. The van der Waals surface area contributed by atoms with Crippen molar-refractivity contribution in [2.45, 2.75) is 33.3 Å². The average Bonchev–Trinajstić information content (AvgIpc) is 3.06. The van der Waals surface area contributed by atoms with Crippen LogP contribution in [0.1, 0.15) is 27.2 Å². The highest BCUT2D eigenvalue weighted by molar-refractivity contribution is 14.0. The molecule has 0 amide bonds. The van der Waals surface area contributed by atoms with Gasteiger partial charge in [-0.3, -0.25) is 4.99 Å². The van der Waals surface area contributed by atoms with Crippen LogP contribution in [0, 0.1) is 11.3 Å². The minimum atomic E-state index is 0. The number of rotatable bonds is 6. The van der Waals surface area contributed by atoms with E-state index in [9.17, 15) is 0 Å². The molecule has 1 aromatic carbocycles. The zero-order valence-electron chi connectivity index (χ0n) is 16.8. The summed E-state index contributed by atoms with van der Waals surface area (Å²) in [7, 11) is 3.59. The first kappa shape index (κ1) is 23.0. The highest BCUT2D eigenvalue weighted by Gasteiger charge is 2.25. The van der Waals surface area contributed by atoms with Crippen molar-refractivity contribution < 1.29 is 4.74 Å². The summed E-state index contributed by atoms with van der Waals surface area (Å²) < 4.78 is 5.60. The van der Waals surface area contributed by atoms with Crippen LogP contribution in [0.2, 0.25) is 0 Å². The molecule has 2 N–H and O–H groups in total. The third-order valence-corrected chi connectivity index (χ3v) is 4.89. The van der Waals surface area contributed by atoms with Crippen LogP contribution in [0.15, 0.2) is 35.3 Å². The van der Waals surface area contributed by atoms with Crippen molar-refractivity contribution in [3.05, 3.63) is 30.3 Å². The van der Waals surface area contributed by atoms with E-state index in [-0.39, 0.29) is 35.5 Å². The normalized spacial score (nSPS) is 19.0. The van der Waals surface area contributed by atoms with Crippen LogP contribution in [-0.4, -0.2) is 52.4 Å². The number of para-hydroxylation sites is 1. The largest absolute Gasteiger partial charge is 0.379 e. The van der Waals surface area contributed by atoms with Crippen LogP contribution in [0.3, 0.4) is 0 Å². The first-order valence-corrected chi connectivity index (χ1v) is 9.21. The van der Waals surface area contributed by atoms with Crippen molar-refractivity contribution in [2.24, 2.45) is 16.3 Å². The Morgan fingerprint density at radius 1 is 1.27 bits per heavy atom. The molecule has 0 radical (unpaired) electrons. The van der Waals surface area contributed by atoms with Gasteiger partial charge in [-0.2, -0.15) is 0 Å². The molecule has 1 saturated heterocycles. The molecule has 0 bridgehead atoms. The van der Waals surface area contributed by atoms with Gasteiger partial charge in [0, 0.05) is 46.0 Å². The van der Waals surface area contributed by atoms with Gasteiger partial charge in [0.2, 0.25) is 0 Å². The molecule has 6 heteroatoms. The molecule has 0 aromatic heterocycles. The maximum Gasteiger partial charge on any atom is 0.191 e. The van der Waals surface area contributed by atoms with Crippen molar-refractivity contribution in [2.75, 3.05) is 45.2 Å². The van der Waals surface area contributed by atoms with E-state index < -0.39 is 0 Å². The number of ether oxygens (including phenoxy) is 1. The lowest BCUT2D eigenvalue weighted by Crippen LogP contribution is -2.46. The van der Waals surface area contributed by atoms with Gasteiger partial charge in [-0.25, -0.2) is 0 Å². The van der Waals surface area contributed by atoms with Crippen LogP contribution in [-0.2, 0) is 4.74 Å². The summed E-state index contributed by atoms with van der Waals surface area (Å²) in [6, 6.07) is 10.7. The second kappa shape index (κ2) is 11.0. The average molecular weight is 474 g/mol. The van der Waals surface area contributed by atoms with Crippen molar-refractivity contribution >= 4 is 35.6 Å². The second-order valence-electron chi connectivity index (χ2n) is 7.86. The number of methoxy groups -OCH3 is 1. The SMILES string of the molecule is CN=C(NCC1CCN(c2ccccc2)C1)NCC(OC)C(C)(C)C.I. The Hall–Kier alpha value is -1.02. The van der Waals surface area contributed by atoms with Gasteiger partial charge in [0.15, 0.2) is 5.96 Å². The molecule has 1 fully saturated rings. The highest BCUT2D eigenvalue weighted by atomic mass is 127. The van der Waals surface area contributed by atoms with Gasteiger partial charge in [0.25, 0.3) is 0 Å². The van der Waals surface area contributed by atoms with E-state index in [0.717, 1.165) is 32.1 Å². The number of hydrogen-bond acceptors (Lipinski definition) is 3. The van der Waals surface area contributed by atoms with Crippen LogP contribution in [0.5, 0.6) is 0 Å². The molecule has 2 atom stereocenters. The Morgan fingerprint density at radius 2 is 1.96 bits per heavy atom. The van der Waals surface area contributed by atoms with E-state index in [1.54, 1.807) is 7.11 Å². The number of benzene rings is 1. The molecule has 0 aliphatic carbocycles. The molecule has 0 saturated carbocycles. The van der Waals surface area contributed by atoms with E-state index in [2.05, 4.69) is 71.6 Å². The Morgan fingerprint density at radius 3 is 2.54 bits per heavy atom. The molecule has 2 unspecified atom stereocenters. The van der Waals surface area contributed by atoms with Gasteiger partial charge in [-0.05, 0) is 29.9 Å². The number of nitrogens with zero attached hydrogens (tertiary/aromatic N) is 2. The Bertz CT molecular complexity index is 544. The fraction of sp³-hybridized carbons (Fsp3) is 0.650. The van der Waals surface area contributed by atoms with Gasteiger partial charge < -0.3 is 20.3 Å². The molecule has 148 valence electrons. The molecular weight excluding hydrogens is 439 g/mol. The van der Waals surface area contributed by atoms with Gasteiger partial charge in [0.05, 0.1) is 6.10 Å². The third kappa shape index (κ3) is 6.95. The molecule has 1 aliphatic heterocycles. The maximum atomic E-state index is 5.60. The lowest BCUT2D eigenvalue weighted by atomic mass is 9.89. The summed E-state index contributed by atoms with van der Waals surface area (Å²) in [4.78, 5) is 6.80.